The number of hydrogen-bond donors (Lipinski definition) is 3. The highest BCUT2D eigenvalue weighted by Crippen LogP contribution is 2.10. The molecule has 4 N–H and O–H groups in total. The van der Waals surface area contributed by atoms with E-state index in [2.05, 4.69) is 29.5 Å². The lowest BCUT2D eigenvalue weighted by molar-refractivity contribution is 0.318. The summed E-state index contributed by atoms with van der Waals surface area (Å²) < 4.78 is 0. The van der Waals surface area contributed by atoms with Crippen molar-refractivity contribution < 1.29 is 5.21 Å². The average molecular weight is 250 g/mol. The highest BCUT2D eigenvalue weighted by atomic mass is 16.4. The predicted octanol–water partition coefficient (Wildman–Crippen LogP) is 0.741. The fraction of sp³-hybridized carbons (Fsp3) is 0.462. The van der Waals surface area contributed by atoms with Gasteiger partial charge in [0.25, 0.3) is 0 Å². The summed E-state index contributed by atoms with van der Waals surface area (Å²) in [6, 6.07) is 5.80. The second-order valence-electron chi connectivity index (χ2n) is 4.61. The predicted molar refractivity (Wildman–Crippen MR) is 74.0 cm³/mol. The van der Waals surface area contributed by atoms with Crippen molar-refractivity contribution >= 4 is 5.84 Å². The van der Waals surface area contributed by atoms with Crippen molar-refractivity contribution in [2.24, 2.45) is 10.9 Å². The molecule has 0 aromatic heterocycles. The minimum atomic E-state index is 0.144. The van der Waals surface area contributed by atoms with Gasteiger partial charge >= 0.3 is 0 Å². The number of nitrogens with two attached hydrogens (primary N) is 1. The van der Waals surface area contributed by atoms with Gasteiger partial charge in [0.05, 0.1) is 0 Å². The smallest absolute Gasteiger partial charge is 0.170 e. The third-order valence-electron chi connectivity index (χ3n) is 2.80. The van der Waals surface area contributed by atoms with Gasteiger partial charge in [-0.1, -0.05) is 17.3 Å². The van der Waals surface area contributed by atoms with E-state index in [0.717, 1.165) is 30.8 Å². The molecule has 1 aromatic rings. The molecule has 100 valence electrons. The van der Waals surface area contributed by atoms with Gasteiger partial charge in [-0.25, -0.2) is 0 Å². The van der Waals surface area contributed by atoms with E-state index in [9.17, 15) is 0 Å². The molecule has 0 aliphatic carbocycles. The Kier molecular flexibility index (Phi) is 5.61. The lowest BCUT2D eigenvalue weighted by atomic mass is 10.0. The molecule has 0 heterocycles. The van der Waals surface area contributed by atoms with Crippen LogP contribution in [-0.2, 0) is 6.54 Å². The third-order valence-corrected chi connectivity index (χ3v) is 2.80. The normalized spacial score (nSPS) is 12.1. The zero-order chi connectivity index (χ0) is 13.5. The van der Waals surface area contributed by atoms with Crippen molar-refractivity contribution in [2.75, 3.05) is 27.2 Å². The first-order valence-corrected chi connectivity index (χ1v) is 5.97. The van der Waals surface area contributed by atoms with Gasteiger partial charge in [-0.05, 0) is 38.2 Å². The van der Waals surface area contributed by atoms with Crippen LogP contribution in [-0.4, -0.2) is 43.1 Å². The topological polar surface area (TPSA) is 73.9 Å². The molecule has 0 radical (unpaired) electrons. The number of benzene rings is 1. The van der Waals surface area contributed by atoms with Gasteiger partial charge < -0.3 is 21.2 Å². The van der Waals surface area contributed by atoms with Crippen molar-refractivity contribution in [2.45, 2.75) is 13.5 Å². The molecule has 1 aromatic carbocycles. The first-order valence-electron chi connectivity index (χ1n) is 5.97. The molecule has 5 heteroatoms. The Morgan fingerprint density at radius 3 is 2.72 bits per heavy atom. The van der Waals surface area contributed by atoms with Gasteiger partial charge in [0, 0.05) is 25.2 Å². The van der Waals surface area contributed by atoms with E-state index in [1.165, 1.54) is 5.56 Å². The molecule has 18 heavy (non-hydrogen) atoms. The maximum atomic E-state index is 8.62. The number of rotatable bonds is 6. The summed E-state index contributed by atoms with van der Waals surface area (Å²) >= 11 is 0. The van der Waals surface area contributed by atoms with Crippen molar-refractivity contribution in [1.29, 1.82) is 0 Å². The van der Waals surface area contributed by atoms with Crippen LogP contribution in [0.4, 0.5) is 0 Å². The maximum absolute atomic E-state index is 8.62. The molecule has 0 aliphatic rings. The first-order chi connectivity index (χ1) is 8.54. The van der Waals surface area contributed by atoms with Crippen LogP contribution < -0.4 is 11.1 Å². The molecule has 0 saturated carbocycles. The average Bonchev–Trinajstić information content (AvgIpc) is 2.34. The molecule has 1 rings (SSSR count). The highest BCUT2D eigenvalue weighted by Gasteiger charge is 2.03. The SMILES string of the molecule is Cc1cc(/C(N)=N/O)ccc1CNCCN(C)C. The number of likely N-dealkylation sites (N-methyl/N-ethyl adjacent to an activating group) is 1. The minimum Gasteiger partial charge on any atom is -0.409 e. The Morgan fingerprint density at radius 1 is 1.44 bits per heavy atom. The van der Waals surface area contributed by atoms with E-state index < -0.39 is 0 Å². The van der Waals surface area contributed by atoms with Crippen molar-refractivity contribution in [3.05, 3.63) is 34.9 Å². The van der Waals surface area contributed by atoms with E-state index in [-0.39, 0.29) is 5.84 Å². The molecule has 0 unspecified atom stereocenters. The number of amidine groups is 1. The number of nitrogens with zero attached hydrogens (tertiary/aromatic N) is 2. The number of nitrogens with one attached hydrogen (secondary N) is 1. The van der Waals surface area contributed by atoms with E-state index in [0.29, 0.717) is 0 Å². The Hall–Kier alpha value is -1.59. The second-order valence-corrected chi connectivity index (χ2v) is 4.61. The van der Waals surface area contributed by atoms with Crippen LogP contribution in [0.2, 0.25) is 0 Å². The Bertz CT molecular complexity index is 415. The molecule has 0 fully saturated rings. The summed E-state index contributed by atoms with van der Waals surface area (Å²) in [6.45, 7) is 4.82. The third kappa shape index (κ3) is 4.35. The maximum Gasteiger partial charge on any atom is 0.170 e. The fourth-order valence-corrected chi connectivity index (χ4v) is 1.64. The van der Waals surface area contributed by atoms with E-state index >= 15 is 0 Å². The second kappa shape index (κ2) is 6.98. The molecular formula is C13H22N4O. The molecule has 0 bridgehead atoms. The molecule has 0 amide bonds. The van der Waals surface area contributed by atoms with Crippen molar-refractivity contribution in [3.63, 3.8) is 0 Å². The molecule has 5 nitrogen and oxygen atoms in total. The summed E-state index contributed by atoms with van der Waals surface area (Å²) in [5, 5.41) is 15.0. The van der Waals surface area contributed by atoms with Crippen LogP contribution in [0.5, 0.6) is 0 Å². The Morgan fingerprint density at radius 2 is 2.17 bits per heavy atom. The largest absolute Gasteiger partial charge is 0.409 e. The molecule has 0 spiro atoms. The van der Waals surface area contributed by atoms with Gasteiger partial charge in [0.1, 0.15) is 0 Å². The summed E-state index contributed by atoms with van der Waals surface area (Å²) in [5.74, 6) is 0.144. The highest BCUT2D eigenvalue weighted by molar-refractivity contribution is 5.97. The summed E-state index contributed by atoms with van der Waals surface area (Å²) in [5.41, 5.74) is 8.65. The Balaban J connectivity index is 2.58. The number of hydrogen-bond acceptors (Lipinski definition) is 4. The summed E-state index contributed by atoms with van der Waals surface area (Å²) in [7, 11) is 4.11. The van der Waals surface area contributed by atoms with Gasteiger partial charge in [-0.15, -0.1) is 0 Å². The van der Waals surface area contributed by atoms with Gasteiger partial charge in [0.15, 0.2) is 5.84 Å². The number of aryl methyl sites for hydroxylation is 1. The van der Waals surface area contributed by atoms with Crippen LogP contribution >= 0.6 is 0 Å². The van der Waals surface area contributed by atoms with Crippen LogP contribution in [0.3, 0.4) is 0 Å². The quantitative estimate of drug-likeness (QED) is 0.229. The van der Waals surface area contributed by atoms with Gasteiger partial charge in [0.2, 0.25) is 0 Å². The van der Waals surface area contributed by atoms with E-state index in [1.807, 2.05) is 25.1 Å². The van der Waals surface area contributed by atoms with E-state index in [4.69, 9.17) is 10.9 Å². The first kappa shape index (κ1) is 14.5. The van der Waals surface area contributed by atoms with Crippen LogP contribution in [0.1, 0.15) is 16.7 Å². The minimum absolute atomic E-state index is 0.144. The molecule has 0 atom stereocenters. The Labute approximate surface area is 108 Å². The zero-order valence-corrected chi connectivity index (χ0v) is 11.3. The van der Waals surface area contributed by atoms with Gasteiger partial charge in [-0.2, -0.15) is 0 Å². The van der Waals surface area contributed by atoms with Crippen LogP contribution in [0.15, 0.2) is 23.4 Å². The van der Waals surface area contributed by atoms with Crippen molar-refractivity contribution in [3.8, 4) is 0 Å². The summed E-state index contributed by atoms with van der Waals surface area (Å²) in [6.07, 6.45) is 0. The van der Waals surface area contributed by atoms with E-state index in [1.54, 1.807) is 0 Å². The molecular weight excluding hydrogens is 228 g/mol. The van der Waals surface area contributed by atoms with Gasteiger partial charge in [-0.3, -0.25) is 0 Å². The lowest BCUT2D eigenvalue weighted by Crippen LogP contribution is -2.26. The molecule has 0 aliphatic heterocycles. The number of oxime groups is 1. The molecule has 0 saturated heterocycles. The monoisotopic (exact) mass is 250 g/mol. The lowest BCUT2D eigenvalue weighted by Gasteiger charge is -2.12. The zero-order valence-electron chi connectivity index (χ0n) is 11.3. The standard InChI is InChI=1S/C13H22N4O/c1-10-8-11(13(14)16-18)4-5-12(10)9-15-6-7-17(2)3/h4-5,8,15,18H,6-7,9H2,1-3H3,(H2,14,16). The van der Waals surface area contributed by atoms with Crippen molar-refractivity contribution in [1.82, 2.24) is 10.2 Å². The van der Waals surface area contributed by atoms with Crippen LogP contribution in [0.25, 0.3) is 0 Å². The van der Waals surface area contributed by atoms with Crippen LogP contribution in [0, 0.1) is 6.92 Å². The fourth-order valence-electron chi connectivity index (χ4n) is 1.64. The summed E-state index contributed by atoms with van der Waals surface area (Å²) in [4.78, 5) is 2.14.